The lowest BCUT2D eigenvalue weighted by Gasteiger charge is -2.21. The molecule has 2 nitrogen and oxygen atoms in total. The van der Waals surface area contributed by atoms with E-state index in [0.29, 0.717) is 12.0 Å². The fraction of sp³-hybridized carbons (Fsp3) is 0.500. The summed E-state index contributed by atoms with van der Waals surface area (Å²) in [7, 11) is 0. The van der Waals surface area contributed by atoms with E-state index < -0.39 is 0 Å². The van der Waals surface area contributed by atoms with Gasteiger partial charge in [-0.1, -0.05) is 18.2 Å². The highest BCUT2D eigenvalue weighted by Crippen LogP contribution is 2.24. The van der Waals surface area contributed by atoms with Gasteiger partial charge in [-0.25, -0.2) is 0 Å². The first-order chi connectivity index (χ1) is 4.97. The minimum absolute atomic E-state index is 0.440. The molecule has 0 fully saturated rings. The summed E-state index contributed by atoms with van der Waals surface area (Å²) in [5, 5.41) is 8.01. The zero-order valence-electron chi connectivity index (χ0n) is 5.77. The van der Waals surface area contributed by atoms with Crippen LogP contribution in [0.1, 0.15) is 12.8 Å². The average Bonchev–Trinajstić information content (AvgIpc) is 2.05. The number of azo groups is 1. The highest BCUT2D eigenvalue weighted by molar-refractivity contribution is 5.10. The van der Waals surface area contributed by atoms with Gasteiger partial charge in [0.1, 0.15) is 0 Å². The van der Waals surface area contributed by atoms with Crippen molar-refractivity contribution in [1.29, 1.82) is 0 Å². The molecule has 2 rings (SSSR count). The summed E-state index contributed by atoms with van der Waals surface area (Å²) in [6.45, 7) is 0. The highest BCUT2D eigenvalue weighted by Gasteiger charge is 2.19. The molecule has 0 aromatic heterocycles. The van der Waals surface area contributed by atoms with Crippen LogP contribution in [0.3, 0.4) is 0 Å². The molecule has 1 aliphatic heterocycles. The summed E-state index contributed by atoms with van der Waals surface area (Å²) in [6.07, 6.45) is 10.7. The Morgan fingerprint density at radius 2 is 2.30 bits per heavy atom. The molecular weight excluding hydrogens is 124 g/mol. The predicted molar refractivity (Wildman–Crippen MR) is 39.6 cm³/mol. The molecule has 0 saturated heterocycles. The molecule has 2 atom stereocenters. The molecule has 0 N–H and O–H groups in total. The minimum Gasteiger partial charge on any atom is -0.185 e. The third-order valence-corrected chi connectivity index (χ3v) is 2.02. The van der Waals surface area contributed by atoms with Crippen LogP contribution in [0.5, 0.6) is 0 Å². The van der Waals surface area contributed by atoms with E-state index in [-0.39, 0.29) is 0 Å². The van der Waals surface area contributed by atoms with Crippen molar-refractivity contribution in [1.82, 2.24) is 0 Å². The van der Waals surface area contributed by atoms with E-state index in [4.69, 9.17) is 0 Å². The first-order valence-electron chi connectivity index (χ1n) is 3.70. The molecule has 2 unspecified atom stereocenters. The molecule has 0 aromatic rings. The fourth-order valence-electron chi connectivity index (χ4n) is 1.43. The Bertz CT molecular complexity index is 203. The molecular formula is C8H10N2. The van der Waals surface area contributed by atoms with Gasteiger partial charge in [-0.2, -0.15) is 10.2 Å². The molecule has 0 spiro atoms. The first-order valence-corrected chi connectivity index (χ1v) is 3.70. The standard InChI is InChI=1S/C8H10N2/c1-2-4-8-7(3-1)5-6-9-10-8/h1,3,5-8H,2,4H2. The molecule has 52 valence electrons. The molecule has 0 saturated carbocycles. The van der Waals surface area contributed by atoms with Crippen LogP contribution in [-0.2, 0) is 0 Å². The topological polar surface area (TPSA) is 24.7 Å². The van der Waals surface area contributed by atoms with Crippen LogP contribution >= 0.6 is 0 Å². The van der Waals surface area contributed by atoms with Crippen molar-refractivity contribution in [3.63, 3.8) is 0 Å². The quantitative estimate of drug-likeness (QED) is 0.454. The van der Waals surface area contributed by atoms with Crippen LogP contribution in [-0.4, -0.2) is 6.04 Å². The number of rotatable bonds is 0. The van der Waals surface area contributed by atoms with Crippen molar-refractivity contribution in [2.75, 3.05) is 0 Å². The van der Waals surface area contributed by atoms with Gasteiger partial charge in [0.25, 0.3) is 0 Å². The Kier molecular flexibility index (Phi) is 1.38. The lowest BCUT2D eigenvalue weighted by atomic mass is 9.90. The van der Waals surface area contributed by atoms with Crippen LogP contribution in [0.25, 0.3) is 0 Å². The lowest BCUT2D eigenvalue weighted by molar-refractivity contribution is 0.494. The Hall–Kier alpha value is -0.920. The Balaban J connectivity index is 2.21. The van der Waals surface area contributed by atoms with Gasteiger partial charge in [0.05, 0.1) is 6.04 Å². The first kappa shape index (κ1) is 5.83. The van der Waals surface area contributed by atoms with E-state index >= 15 is 0 Å². The van der Waals surface area contributed by atoms with Crippen LogP contribution < -0.4 is 0 Å². The maximum Gasteiger partial charge on any atom is 0.0813 e. The van der Waals surface area contributed by atoms with Crippen molar-refractivity contribution in [2.24, 2.45) is 16.1 Å². The molecule has 2 aliphatic rings. The molecule has 0 aromatic carbocycles. The van der Waals surface area contributed by atoms with Gasteiger partial charge in [-0.3, -0.25) is 0 Å². The van der Waals surface area contributed by atoms with Crippen molar-refractivity contribution in [2.45, 2.75) is 18.9 Å². The Labute approximate surface area is 60.3 Å². The van der Waals surface area contributed by atoms with Crippen molar-refractivity contribution in [3.05, 3.63) is 24.4 Å². The summed E-state index contributed by atoms with van der Waals surface area (Å²) in [4.78, 5) is 0. The van der Waals surface area contributed by atoms with Gasteiger partial charge in [0.2, 0.25) is 0 Å². The molecule has 0 radical (unpaired) electrons. The largest absolute Gasteiger partial charge is 0.185 e. The second-order valence-corrected chi connectivity index (χ2v) is 2.72. The second-order valence-electron chi connectivity index (χ2n) is 2.72. The molecule has 1 aliphatic carbocycles. The number of hydrogen-bond donors (Lipinski definition) is 0. The summed E-state index contributed by atoms with van der Waals surface area (Å²) in [6, 6.07) is 0.440. The molecule has 1 heterocycles. The monoisotopic (exact) mass is 134 g/mol. The second kappa shape index (κ2) is 2.37. The molecule has 2 heteroatoms. The van der Waals surface area contributed by atoms with Crippen molar-refractivity contribution >= 4 is 0 Å². The maximum absolute atomic E-state index is 4.14. The zero-order valence-corrected chi connectivity index (χ0v) is 5.77. The lowest BCUT2D eigenvalue weighted by Crippen LogP contribution is -2.18. The number of nitrogens with zero attached hydrogens (tertiary/aromatic N) is 2. The third kappa shape index (κ3) is 0.897. The average molecular weight is 134 g/mol. The van der Waals surface area contributed by atoms with Gasteiger partial charge < -0.3 is 0 Å². The van der Waals surface area contributed by atoms with Gasteiger partial charge in [0, 0.05) is 12.1 Å². The minimum atomic E-state index is 0.440. The van der Waals surface area contributed by atoms with E-state index in [0.717, 1.165) is 12.8 Å². The third-order valence-electron chi connectivity index (χ3n) is 2.02. The van der Waals surface area contributed by atoms with Gasteiger partial charge in [-0.15, -0.1) is 0 Å². The van der Waals surface area contributed by atoms with Crippen molar-refractivity contribution in [3.8, 4) is 0 Å². The van der Waals surface area contributed by atoms with E-state index in [1.165, 1.54) is 0 Å². The Morgan fingerprint density at radius 3 is 3.20 bits per heavy atom. The van der Waals surface area contributed by atoms with E-state index in [2.05, 4.69) is 28.5 Å². The maximum atomic E-state index is 4.14. The van der Waals surface area contributed by atoms with Crippen LogP contribution in [0.4, 0.5) is 0 Å². The van der Waals surface area contributed by atoms with Crippen molar-refractivity contribution < 1.29 is 0 Å². The van der Waals surface area contributed by atoms with E-state index in [1.54, 1.807) is 6.20 Å². The number of allylic oxidation sites excluding steroid dienone is 1. The van der Waals surface area contributed by atoms with Crippen LogP contribution in [0.2, 0.25) is 0 Å². The van der Waals surface area contributed by atoms with E-state index in [9.17, 15) is 0 Å². The van der Waals surface area contributed by atoms with E-state index in [1.807, 2.05) is 0 Å². The summed E-state index contributed by atoms with van der Waals surface area (Å²) >= 11 is 0. The summed E-state index contributed by atoms with van der Waals surface area (Å²) in [5.74, 6) is 0.534. The fourth-order valence-corrected chi connectivity index (χ4v) is 1.43. The molecule has 0 bridgehead atoms. The number of fused-ring (bicyclic) bond motifs is 1. The SMILES string of the molecule is C1=CC2C=CN=NC2CC1. The zero-order chi connectivity index (χ0) is 6.81. The Morgan fingerprint density at radius 1 is 1.30 bits per heavy atom. The number of hydrogen-bond acceptors (Lipinski definition) is 2. The predicted octanol–water partition coefficient (Wildman–Crippen LogP) is 2.30. The van der Waals surface area contributed by atoms with Gasteiger partial charge >= 0.3 is 0 Å². The highest BCUT2D eigenvalue weighted by atomic mass is 15.1. The van der Waals surface area contributed by atoms with Gasteiger partial charge in [0.15, 0.2) is 0 Å². The molecule has 0 amide bonds. The molecule has 10 heavy (non-hydrogen) atoms. The summed E-state index contributed by atoms with van der Waals surface area (Å²) < 4.78 is 0. The summed E-state index contributed by atoms with van der Waals surface area (Å²) in [5.41, 5.74) is 0. The van der Waals surface area contributed by atoms with Crippen LogP contribution in [0.15, 0.2) is 34.7 Å². The van der Waals surface area contributed by atoms with Crippen LogP contribution in [0, 0.1) is 5.92 Å². The van der Waals surface area contributed by atoms with Gasteiger partial charge in [-0.05, 0) is 12.8 Å². The normalized spacial score (nSPS) is 36.0. The smallest absolute Gasteiger partial charge is 0.0813 e.